The van der Waals surface area contributed by atoms with E-state index in [0.29, 0.717) is 5.76 Å². The highest BCUT2D eigenvalue weighted by Crippen LogP contribution is 2.32. The molecule has 0 saturated carbocycles. The minimum atomic E-state index is -0.224. The molecule has 2 aromatic heterocycles. The number of nitrogens with one attached hydrogen (secondary N) is 1. The van der Waals surface area contributed by atoms with Crippen LogP contribution in [0.2, 0.25) is 5.02 Å². The molecular formula is C16H13ClN4O2S3. The van der Waals surface area contributed by atoms with Crippen molar-refractivity contribution in [3.05, 3.63) is 59.0 Å². The van der Waals surface area contributed by atoms with E-state index in [1.54, 1.807) is 23.9 Å². The lowest BCUT2D eigenvalue weighted by Crippen LogP contribution is -2.19. The number of carbonyl (C=O) groups is 1. The van der Waals surface area contributed by atoms with Gasteiger partial charge in [-0.1, -0.05) is 64.7 Å². The summed E-state index contributed by atoms with van der Waals surface area (Å²) in [5.74, 6) is 1.28. The van der Waals surface area contributed by atoms with E-state index in [4.69, 9.17) is 16.0 Å². The van der Waals surface area contributed by atoms with Crippen LogP contribution in [-0.2, 0) is 10.5 Å². The maximum atomic E-state index is 11.8. The summed E-state index contributed by atoms with van der Waals surface area (Å²) in [5.41, 5.74) is 3.49. The Balaban J connectivity index is 1.42. The molecule has 0 fully saturated rings. The first-order valence-electron chi connectivity index (χ1n) is 7.38. The Hall–Kier alpha value is -1.81. The molecule has 1 amide bonds. The van der Waals surface area contributed by atoms with Gasteiger partial charge in [0.1, 0.15) is 5.76 Å². The summed E-state index contributed by atoms with van der Waals surface area (Å²) in [4.78, 5) is 11.8. The number of thioether (sulfide) groups is 2. The third-order valence-electron chi connectivity index (χ3n) is 2.95. The fraction of sp³-hybridized carbons (Fsp3) is 0.125. The first-order chi connectivity index (χ1) is 12.7. The van der Waals surface area contributed by atoms with Gasteiger partial charge in [-0.15, -0.1) is 10.2 Å². The Kier molecular flexibility index (Phi) is 7.13. The van der Waals surface area contributed by atoms with Crippen LogP contribution in [0.5, 0.6) is 0 Å². The molecule has 0 spiro atoms. The predicted molar refractivity (Wildman–Crippen MR) is 106 cm³/mol. The second kappa shape index (κ2) is 9.77. The quantitative estimate of drug-likeness (QED) is 0.329. The van der Waals surface area contributed by atoms with Gasteiger partial charge in [-0.25, -0.2) is 5.43 Å². The molecule has 134 valence electrons. The number of hydrazone groups is 1. The zero-order chi connectivity index (χ0) is 18.2. The Bertz CT molecular complexity index is 883. The number of carbonyl (C=O) groups excluding carboxylic acids is 1. The molecule has 0 aliphatic carbocycles. The lowest BCUT2D eigenvalue weighted by Gasteiger charge is -2.00. The highest BCUT2D eigenvalue weighted by Gasteiger charge is 2.09. The summed E-state index contributed by atoms with van der Waals surface area (Å²) >= 11 is 10.5. The summed E-state index contributed by atoms with van der Waals surface area (Å²) in [6.45, 7) is 0. The monoisotopic (exact) mass is 424 g/mol. The highest BCUT2D eigenvalue weighted by atomic mass is 35.5. The van der Waals surface area contributed by atoms with E-state index in [-0.39, 0.29) is 11.7 Å². The first kappa shape index (κ1) is 19.0. The predicted octanol–water partition coefficient (Wildman–Crippen LogP) is 4.32. The lowest BCUT2D eigenvalue weighted by molar-refractivity contribution is -0.118. The molecule has 3 rings (SSSR count). The minimum Gasteiger partial charge on any atom is -0.463 e. The summed E-state index contributed by atoms with van der Waals surface area (Å²) in [5, 5.41) is 12.8. The zero-order valence-corrected chi connectivity index (χ0v) is 16.5. The molecule has 0 radical (unpaired) electrons. The maximum Gasteiger partial charge on any atom is 0.250 e. The molecule has 0 bridgehead atoms. The number of amides is 1. The number of rotatable bonds is 8. The van der Waals surface area contributed by atoms with Gasteiger partial charge in [0.05, 0.1) is 18.2 Å². The molecule has 0 unspecified atom stereocenters. The topological polar surface area (TPSA) is 80.4 Å². The van der Waals surface area contributed by atoms with Gasteiger partial charge in [0.25, 0.3) is 5.91 Å². The third kappa shape index (κ3) is 5.87. The smallest absolute Gasteiger partial charge is 0.250 e. The third-order valence-corrected chi connectivity index (χ3v) is 6.56. The van der Waals surface area contributed by atoms with Crippen LogP contribution in [0.3, 0.4) is 0 Å². The number of halogens is 1. The molecule has 1 N–H and O–H groups in total. The average Bonchev–Trinajstić information content (AvgIpc) is 3.31. The van der Waals surface area contributed by atoms with E-state index in [0.717, 1.165) is 25.0 Å². The van der Waals surface area contributed by atoms with Gasteiger partial charge in [-0.05, 0) is 23.8 Å². The summed E-state index contributed by atoms with van der Waals surface area (Å²) < 4.78 is 6.65. The molecule has 0 atom stereocenters. The van der Waals surface area contributed by atoms with Gasteiger partial charge in [0.15, 0.2) is 8.68 Å². The second-order valence-electron chi connectivity index (χ2n) is 4.81. The Morgan fingerprint density at radius 3 is 2.81 bits per heavy atom. The van der Waals surface area contributed by atoms with Gasteiger partial charge >= 0.3 is 0 Å². The van der Waals surface area contributed by atoms with Gasteiger partial charge in [0.2, 0.25) is 0 Å². The van der Waals surface area contributed by atoms with Gasteiger partial charge < -0.3 is 4.42 Å². The van der Waals surface area contributed by atoms with Crippen LogP contribution in [0.4, 0.5) is 0 Å². The largest absolute Gasteiger partial charge is 0.463 e. The van der Waals surface area contributed by atoms with Gasteiger partial charge in [-0.2, -0.15) is 5.10 Å². The van der Waals surface area contributed by atoms with Crippen molar-refractivity contribution in [2.24, 2.45) is 5.10 Å². The van der Waals surface area contributed by atoms with Gasteiger partial charge in [-0.3, -0.25) is 4.79 Å². The van der Waals surface area contributed by atoms with Crippen LogP contribution >= 0.6 is 46.5 Å². The molecule has 0 saturated heterocycles. The summed E-state index contributed by atoms with van der Waals surface area (Å²) in [6.07, 6.45) is 2.98. The standard InChI is InChI=1S/C16H13ClN4O2S3/c17-13-6-2-1-4-11(13)9-24-15-20-21-16(26-15)25-10-14(22)19-18-8-12-5-3-7-23-12/h1-8H,9-10H2,(H,19,22). The summed E-state index contributed by atoms with van der Waals surface area (Å²) in [6, 6.07) is 11.2. The van der Waals surface area contributed by atoms with E-state index in [2.05, 4.69) is 20.7 Å². The number of furan rings is 1. The molecule has 6 nitrogen and oxygen atoms in total. The lowest BCUT2D eigenvalue weighted by atomic mass is 10.2. The van der Waals surface area contributed by atoms with E-state index in [1.807, 2.05) is 24.3 Å². The van der Waals surface area contributed by atoms with Gasteiger partial charge in [0, 0.05) is 10.8 Å². The van der Waals surface area contributed by atoms with Crippen LogP contribution in [0.1, 0.15) is 11.3 Å². The highest BCUT2D eigenvalue weighted by molar-refractivity contribution is 8.03. The number of benzene rings is 1. The van der Waals surface area contributed by atoms with Crippen LogP contribution in [0.15, 0.2) is 60.9 Å². The van der Waals surface area contributed by atoms with E-state index in [1.165, 1.54) is 35.6 Å². The van der Waals surface area contributed by atoms with Crippen molar-refractivity contribution < 1.29 is 9.21 Å². The van der Waals surface area contributed by atoms with E-state index >= 15 is 0 Å². The Morgan fingerprint density at radius 2 is 2.04 bits per heavy atom. The summed E-state index contributed by atoms with van der Waals surface area (Å²) in [7, 11) is 0. The van der Waals surface area contributed by atoms with Crippen LogP contribution in [0.25, 0.3) is 0 Å². The second-order valence-corrected chi connectivity index (χ2v) is 8.64. The fourth-order valence-corrected chi connectivity index (χ4v) is 4.86. The SMILES string of the molecule is O=C(CSc1nnc(SCc2ccccc2Cl)s1)NN=Cc1ccco1. The van der Waals surface area contributed by atoms with Crippen molar-refractivity contribution in [1.29, 1.82) is 0 Å². The van der Waals surface area contributed by atoms with Crippen molar-refractivity contribution >= 4 is 58.6 Å². The van der Waals surface area contributed by atoms with E-state index in [9.17, 15) is 4.79 Å². The molecule has 0 aliphatic heterocycles. The number of nitrogens with zero attached hydrogens (tertiary/aromatic N) is 3. The van der Waals surface area contributed by atoms with Crippen LogP contribution in [0, 0.1) is 0 Å². The average molecular weight is 425 g/mol. The first-order valence-corrected chi connectivity index (χ1v) is 10.5. The Morgan fingerprint density at radius 1 is 1.23 bits per heavy atom. The molecule has 2 heterocycles. The van der Waals surface area contributed by atoms with Crippen LogP contribution < -0.4 is 5.43 Å². The van der Waals surface area contributed by atoms with Crippen molar-refractivity contribution in [3.63, 3.8) is 0 Å². The van der Waals surface area contributed by atoms with Crippen molar-refractivity contribution in [1.82, 2.24) is 15.6 Å². The Labute approximate surface area is 167 Å². The number of hydrogen-bond donors (Lipinski definition) is 1. The molecule has 0 aliphatic rings. The fourth-order valence-electron chi connectivity index (χ4n) is 1.76. The van der Waals surface area contributed by atoms with E-state index < -0.39 is 0 Å². The molecule has 10 heteroatoms. The maximum absolute atomic E-state index is 11.8. The minimum absolute atomic E-state index is 0.208. The molecular weight excluding hydrogens is 412 g/mol. The van der Waals surface area contributed by atoms with Crippen molar-refractivity contribution in [2.75, 3.05) is 5.75 Å². The van der Waals surface area contributed by atoms with Crippen LogP contribution in [-0.4, -0.2) is 28.1 Å². The molecule has 3 aromatic rings. The number of hydrogen-bond acceptors (Lipinski definition) is 8. The normalized spacial score (nSPS) is 11.1. The molecule has 1 aromatic carbocycles. The number of aromatic nitrogens is 2. The van der Waals surface area contributed by atoms with Crippen molar-refractivity contribution in [2.45, 2.75) is 14.4 Å². The molecule has 26 heavy (non-hydrogen) atoms. The zero-order valence-electron chi connectivity index (χ0n) is 13.3. The van der Waals surface area contributed by atoms with Crippen molar-refractivity contribution in [3.8, 4) is 0 Å².